The number of carbonyl (C=O) groups is 1. The number of nitrogens with one attached hydrogen (secondary N) is 1. The van der Waals surface area contributed by atoms with Gasteiger partial charge < -0.3 is 15.0 Å². The van der Waals surface area contributed by atoms with Crippen molar-refractivity contribution in [1.82, 2.24) is 4.90 Å². The monoisotopic (exact) mass is 404 g/mol. The van der Waals surface area contributed by atoms with Crippen molar-refractivity contribution in [3.05, 3.63) is 95.6 Å². The minimum atomic E-state index is -0.0568. The fourth-order valence-corrected chi connectivity index (χ4v) is 4.58. The average molecular weight is 405 g/mol. The van der Waals surface area contributed by atoms with Crippen LogP contribution < -0.4 is 10.1 Å². The summed E-state index contributed by atoms with van der Waals surface area (Å²) in [5.41, 5.74) is 4.17. The largest absolute Gasteiger partial charge is 0.489 e. The molecule has 0 bridgehead atoms. The molecule has 0 radical (unpaired) electrons. The molecule has 2 amide bonds. The third-order valence-electron chi connectivity index (χ3n) is 4.95. The summed E-state index contributed by atoms with van der Waals surface area (Å²) in [5, 5.41) is 3.07. The van der Waals surface area contributed by atoms with Crippen molar-refractivity contribution in [1.29, 1.82) is 0 Å². The first-order valence-corrected chi connectivity index (χ1v) is 10.8. The second-order valence-corrected chi connectivity index (χ2v) is 8.19. The molecule has 1 aliphatic heterocycles. The summed E-state index contributed by atoms with van der Waals surface area (Å²) in [6.07, 6.45) is 0. The molecule has 4 nitrogen and oxygen atoms in total. The van der Waals surface area contributed by atoms with E-state index in [1.54, 1.807) is 11.8 Å². The van der Waals surface area contributed by atoms with E-state index in [-0.39, 0.29) is 11.4 Å². The summed E-state index contributed by atoms with van der Waals surface area (Å²) < 4.78 is 5.88. The lowest BCUT2D eigenvalue weighted by Gasteiger charge is -2.25. The van der Waals surface area contributed by atoms with Crippen LogP contribution in [0.25, 0.3) is 0 Å². The molecule has 5 heteroatoms. The van der Waals surface area contributed by atoms with Crippen LogP contribution in [0.5, 0.6) is 5.75 Å². The summed E-state index contributed by atoms with van der Waals surface area (Å²) in [6, 6.07) is 26.0. The van der Waals surface area contributed by atoms with E-state index >= 15 is 0 Å². The minimum absolute atomic E-state index is 0.0159. The topological polar surface area (TPSA) is 41.6 Å². The highest BCUT2D eigenvalue weighted by Gasteiger charge is 2.30. The van der Waals surface area contributed by atoms with Crippen LogP contribution in [0, 0.1) is 6.92 Å². The lowest BCUT2D eigenvalue weighted by atomic mass is 10.2. The molecule has 3 aromatic carbocycles. The number of hydrogen-bond acceptors (Lipinski definition) is 3. The van der Waals surface area contributed by atoms with Crippen LogP contribution >= 0.6 is 11.8 Å². The van der Waals surface area contributed by atoms with E-state index < -0.39 is 0 Å². The molecule has 1 fully saturated rings. The molecular formula is C24H24N2O2S. The lowest BCUT2D eigenvalue weighted by molar-refractivity contribution is 0.214. The van der Waals surface area contributed by atoms with Gasteiger partial charge in [-0.1, -0.05) is 60.7 Å². The lowest BCUT2D eigenvalue weighted by Crippen LogP contribution is -2.34. The minimum Gasteiger partial charge on any atom is -0.489 e. The number of hydrogen-bond donors (Lipinski definition) is 1. The zero-order valence-corrected chi connectivity index (χ0v) is 17.2. The molecule has 1 aliphatic rings. The van der Waals surface area contributed by atoms with Crippen LogP contribution in [0.15, 0.2) is 78.9 Å². The first kappa shape index (κ1) is 19.4. The first-order valence-electron chi connectivity index (χ1n) is 9.72. The predicted octanol–water partition coefficient (Wildman–Crippen LogP) is 5.85. The molecule has 0 spiro atoms. The Morgan fingerprint density at radius 2 is 1.76 bits per heavy atom. The van der Waals surface area contributed by atoms with Crippen LogP contribution in [0.2, 0.25) is 0 Å². The van der Waals surface area contributed by atoms with Crippen molar-refractivity contribution in [2.45, 2.75) is 18.9 Å². The maximum Gasteiger partial charge on any atom is 0.323 e. The molecule has 1 N–H and O–H groups in total. The fraction of sp³-hybridized carbons (Fsp3) is 0.208. The Bertz CT molecular complexity index is 960. The Morgan fingerprint density at radius 1 is 1.03 bits per heavy atom. The number of para-hydroxylation sites is 1. The fourth-order valence-electron chi connectivity index (χ4n) is 3.32. The van der Waals surface area contributed by atoms with E-state index in [9.17, 15) is 4.79 Å². The number of rotatable bonds is 5. The van der Waals surface area contributed by atoms with Crippen molar-refractivity contribution in [2.75, 3.05) is 17.6 Å². The van der Waals surface area contributed by atoms with E-state index in [1.807, 2.05) is 66.4 Å². The molecule has 0 saturated carbocycles. The number of ether oxygens (including phenoxy) is 1. The molecule has 1 heterocycles. The summed E-state index contributed by atoms with van der Waals surface area (Å²) in [4.78, 5) is 14.8. The Kier molecular flexibility index (Phi) is 6.06. The average Bonchev–Trinajstić information content (AvgIpc) is 3.25. The Balaban J connectivity index is 1.40. The number of benzene rings is 3. The van der Waals surface area contributed by atoms with Crippen molar-refractivity contribution in [2.24, 2.45) is 0 Å². The van der Waals surface area contributed by atoms with Crippen molar-refractivity contribution >= 4 is 23.5 Å². The summed E-state index contributed by atoms with van der Waals surface area (Å²) in [6.45, 7) is 3.28. The summed E-state index contributed by atoms with van der Waals surface area (Å²) in [7, 11) is 0. The first-order chi connectivity index (χ1) is 14.2. The highest BCUT2D eigenvalue weighted by Crippen LogP contribution is 2.38. The maximum atomic E-state index is 12.9. The third kappa shape index (κ3) is 4.74. The number of anilines is 1. The second-order valence-electron chi connectivity index (χ2n) is 7.00. The smallest absolute Gasteiger partial charge is 0.323 e. The van der Waals surface area contributed by atoms with Crippen LogP contribution in [-0.4, -0.2) is 23.2 Å². The Morgan fingerprint density at radius 3 is 2.52 bits per heavy atom. The number of carbonyl (C=O) groups excluding carboxylic acids is 1. The highest BCUT2D eigenvalue weighted by molar-refractivity contribution is 7.99. The maximum absolute atomic E-state index is 12.9. The molecule has 1 unspecified atom stereocenters. The third-order valence-corrected chi connectivity index (χ3v) is 6.21. The summed E-state index contributed by atoms with van der Waals surface area (Å²) in [5.74, 6) is 1.76. The molecule has 0 aromatic heterocycles. The van der Waals surface area contributed by atoms with Gasteiger partial charge in [-0.25, -0.2) is 4.79 Å². The molecule has 0 aliphatic carbocycles. The highest BCUT2D eigenvalue weighted by atomic mass is 32.2. The van der Waals surface area contributed by atoms with E-state index in [2.05, 4.69) is 29.6 Å². The van der Waals surface area contributed by atoms with E-state index in [0.29, 0.717) is 6.61 Å². The van der Waals surface area contributed by atoms with Crippen molar-refractivity contribution in [3.8, 4) is 5.75 Å². The SMILES string of the molecule is Cc1ccccc1NC(=O)N1CCSC1c1ccc(OCc2ccccc2)cc1. The quantitative estimate of drug-likeness (QED) is 0.580. The van der Waals surface area contributed by atoms with Gasteiger partial charge in [0.05, 0.1) is 0 Å². The molecule has 4 rings (SSSR count). The van der Waals surface area contributed by atoms with Gasteiger partial charge in [0, 0.05) is 18.0 Å². The van der Waals surface area contributed by atoms with Crippen LogP contribution in [0.4, 0.5) is 10.5 Å². The number of thioether (sulfide) groups is 1. The van der Waals surface area contributed by atoms with Crippen molar-refractivity contribution < 1.29 is 9.53 Å². The van der Waals surface area contributed by atoms with Gasteiger partial charge >= 0.3 is 6.03 Å². The van der Waals surface area contributed by atoms with Gasteiger partial charge in [-0.2, -0.15) is 0 Å². The van der Waals surface area contributed by atoms with Gasteiger partial charge in [0.2, 0.25) is 0 Å². The van der Waals surface area contributed by atoms with E-state index in [0.717, 1.165) is 40.4 Å². The van der Waals surface area contributed by atoms with Gasteiger partial charge in [0.1, 0.15) is 17.7 Å². The molecule has 29 heavy (non-hydrogen) atoms. The normalized spacial score (nSPS) is 15.9. The number of urea groups is 1. The molecular weight excluding hydrogens is 380 g/mol. The van der Waals surface area contributed by atoms with Gasteiger partial charge in [-0.3, -0.25) is 0 Å². The van der Waals surface area contributed by atoms with Crippen molar-refractivity contribution in [3.63, 3.8) is 0 Å². The van der Waals surface area contributed by atoms with Crippen LogP contribution in [-0.2, 0) is 6.61 Å². The van der Waals surface area contributed by atoms with Crippen LogP contribution in [0.3, 0.4) is 0 Å². The number of nitrogens with zero attached hydrogens (tertiary/aromatic N) is 1. The zero-order chi connectivity index (χ0) is 20.1. The number of amides is 2. The molecule has 3 aromatic rings. The summed E-state index contributed by atoms with van der Waals surface area (Å²) >= 11 is 1.79. The predicted molar refractivity (Wildman–Crippen MR) is 119 cm³/mol. The van der Waals surface area contributed by atoms with E-state index in [1.165, 1.54) is 0 Å². The Hall–Kier alpha value is -2.92. The van der Waals surface area contributed by atoms with Gasteiger partial charge in [-0.15, -0.1) is 11.8 Å². The molecule has 1 saturated heterocycles. The van der Waals surface area contributed by atoms with Crippen LogP contribution in [0.1, 0.15) is 22.1 Å². The second kappa shape index (κ2) is 9.05. The standard InChI is InChI=1S/C24H24N2O2S/c1-18-7-5-6-10-22(18)25-24(27)26-15-16-29-23(26)20-11-13-21(14-12-20)28-17-19-8-3-2-4-9-19/h2-14,23H,15-17H2,1H3,(H,25,27). The molecule has 148 valence electrons. The zero-order valence-electron chi connectivity index (χ0n) is 16.4. The van der Waals surface area contributed by atoms with Gasteiger partial charge in [0.15, 0.2) is 0 Å². The van der Waals surface area contributed by atoms with E-state index in [4.69, 9.17) is 4.74 Å². The van der Waals surface area contributed by atoms with Gasteiger partial charge in [-0.05, 0) is 41.8 Å². The number of aryl methyl sites for hydroxylation is 1. The van der Waals surface area contributed by atoms with Gasteiger partial charge in [0.25, 0.3) is 0 Å². The molecule has 1 atom stereocenters. The Labute approximate surface area is 175 Å².